The molecule has 3 heteroatoms. The summed E-state index contributed by atoms with van der Waals surface area (Å²) in [7, 11) is 1.73. The van der Waals surface area contributed by atoms with Gasteiger partial charge < -0.3 is 15.0 Å². The fourth-order valence-electron chi connectivity index (χ4n) is 2.45. The second-order valence-corrected chi connectivity index (χ2v) is 4.90. The highest BCUT2D eigenvalue weighted by Gasteiger charge is 2.10. The molecule has 3 nitrogen and oxygen atoms in total. The smallest absolute Gasteiger partial charge is 0.0587 e. The summed E-state index contributed by atoms with van der Waals surface area (Å²) in [5.41, 5.74) is 6.52. The number of fused-ring (bicyclic) bond motifs is 1. The molecule has 0 bridgehead atoms. The second kappa shape index (κ2) is 5.55. The Kier molecular flexibility index (Phi) is 4.04. The van der Waals surface area contributed by atoms with E-state index >= 15 is 0 Å². The molecule has 18 heavy (non-hydrogen) atoms. The van der Waals surface area contributed by atoms with Gasteiger partial charge in [0.15, 0.2) is 0 Å². The van der Waals surface area contributed by atoms with E-state index in [1.54, 1.807) is 7.11 Å². The zero-order chi connectivity index (χ0) is 13.1. The van der Waals surface area contributed by atoms with Crippen LogP contribution in [0.3, 0.4) is 0 Å². The summed E-state index contributed by atoms with van der Waals surface area (Å²) in [4.78, 5) is 3.49. The lowest BCUT2D eigenvalue weighted by Crippen LogP contribution is -2.18. The standard InChI is InChI=1S/C15H22N2O/c1-10-7-11(2)15-13(8-10)14(12(3)17-15)9-16-5-6-18-4/h7-8,16-17H,5-6,9H2,1-4H3. The maximum absolute atomic E-state index is 5.05. The molecule has 1 aromatic carbocycles. The Balaban J connectivity index is 2.29. The van der Waals surface area contributed by atoms with E-state index in [1.807, 2.05) is 0 Å². The first-order chi connectivity index (χ1) is 8.63. The average molecular weight is 246 g/mol. The predicted molar refractivity (Wildman–Crippen MR) is 76.1 cm³/mol. The molecule has 0 aliphatic rings. The molecule has 0 atom stereocenters. The third kappa shape index (κ3) is 2.57. The molecular weight excluding hydrogens is 224 g/mol. The van der Waals surface area contributed by atoms with Crippen LogP contribution in [0.1, 0.15) is 22.4 Å². The molecule has 0 radical (unpaired) electrons. The van der Waals surface area contributed by atoms with Crippen LogP contribution in [0.2, 0.25) is 0 Å². The van der Waals surface area contributed by atoms with Gasteiger partial charge in [-0.25, -0.2) is 0 Å². The number of hydrogen-bond donors (Lipinski definition) is 2. The van der Waals surface area contributed by atoms with E-state index in [9.17, 15) is 0 Å². The Morgan fingerprint density at radius 3 is 2.72 bits per heavy atom. The van der Waals surface area contributed by atoms with Crippen molar-refractivity contribution in [1.29, 1.82) is 0 Å². The summed E-state index contributed by atoms with van der Waals surface area (Å²) in [6, 6.07) is 4.49. The number of aromatic nitrogens is 1. The van der Waals surface area contributed by atoms with Gasteiger partial charge in [-0.3, -0.25) is 0 Å². The Morgan fingerprint density at radius 2 is 2.00 bits per heavy atom. The second-order valence-electron chi connectivity index (χ2n) is 4.90. The van der Waals surface area contributed by atoms with Crippen molar-refractivity contribution in [2.45, 2.75) is 27.3 Å². The number of rotatable bonds is 5. The predicted octanol–water partition coefficient (Wildman–Crippen LogP) is 2.83. The molecule has 0 spiro atoms. The highest BCUT2D eigenvalue weighted by atomic mass is 16.5. The normalized spacial score (nSPS) is 11.3. The number of ether oxygens (including phenoxy) is 1. The molecule has 0 saturated carbocycles. The third-order valence-corrected chi connectivity index (χ3v) is 3.35. The zero-order valence-electron chi connectivity index (χ0n) is 11.7. The van der Waals surface area contributed by atoms with E-state index in [0.717, 1.165) is 19.7 Å². The molecular formula is C15H22N2O. The summed E-state index contributed by atoms with van der Waals surface area (Å²) in [6.45, 7) is 8.97. The molecule has 2 rings (SSSR count). The quantitative estimate of drug-likeness (QED) is 0.796. The van der Waals surface area contributed by atoms with E-state index in [4.69, 9.17) is 4.74 Å². The summed E-state index contributed by atoms with van der Waals surface area (Å²) in [5, 5.41) is 4.76. The van der Waals surface area contributed by atoms with Gasteiger partial charge in [0.05, 0.1) is 6.61 Å². The molecule has 2 aromatic rings. The number of methoxy groups -OCH3 is 1. The monoisotopic (exact) mass is 246 g/mol. The van der Waals surface area contributed by atoms with Crippen LogP contribution in [0.4, 0.5) is 0 Å². The van der Waals surface area contributed by atoms with Gasteiger partial charge in [0, 0.05) is 36.8 Å². The van der Waals surface area contributed by atoms with E-state index in [1.165, 1.54) is 33.3 Å². The van der Waals surface area contributed by atoms with Gasteiger partial charge in [0.2, 0.25) is 0 Å². The lowest BCUT2D eigenvalue weighted by molar-refractivity contribution is 0.199. The lowest BCUT2D eigenvalue weighted by Gasteiger charge is -2.05. The van der Waals surface area contributed by atoms with Gasteiger partial charge in [0.1, 0.15) is 0 Å². The molecule has 0 unspecified atom stereocenters. The first-order valence-electron chi connectivity index (χ1n) is 6.41. The number of nitrogens with one attached hydrogen (secondary N) is 2. The van der Waals surface area contributed by atoms with Crippen molar-refractivity contribution in [1.82, 2.24) is 10.3 Å². The maximum atomic E-state index is 5.05. The molecule has 1 heterocycles. The molecule has 0 aliphatic heterocycles. The van der Waals surface area contributed by atoms with Gasteiger partial charge in [-0.2, -0.15) is 0 Å². The molecule has 0 fully saturated rings. The van der Waals surface area contributed by atoms with Crippen LogP contribution in [-0.2, 0) is 11.3 Å². The van der Waals surface area contributed by atoms with Crippen LogP contribution in [0, 0.1) is 20.8 Å². The number of H-pyrrole nitrogens is 1. The molecule has 98 valence electrons. The molecule has 0 aliphatic carbocycles. The van der Waals surface area contributed by atoms with Crippen LogP contribution >= 0.6 is 0 Å². The Bertz CT molecular complexity index is 543. The van der Waals surface area contributed by atoms with Gasteiger partial charge >= 0.3 is 0 Å². The number of benzene rings is 1. The Hall–Kier alpha value is -1.32. The van der Waals surface area contributed by atoms with Gasteiger partial charge in [-0.05, 0) is 38.0 Å². The van der Waals surface area contributed by atoms with Crippen LogP contribution in [0.25, 0.3) is 10.9 Å². The van der Waals surface area contributed by atoms with Gasteiger partial charge in [-0.1, -0.05) is 11.6 Å². The fourth-order valence-corrected chi connectivity index (χ4v) is 2.45. The van der Waals surface area contributed by atoms with Crippen molar-refractivity contribution >= 4 is 10.9 Å². The van der Waals surface area contributed by atoms with E-state index in [-0.39, 0.29) is 0 Å². The van der Waals surface area contributed by atoms with Crippen molar-refractivity contribution in [2.75, 3.05) is 20.3 Å². The Labute approximate surface area is 109 Å². The largest absolute Gasteiger partial charge is 0.383 e. The minimum atomic E-state index is 0.749. The van der Waals surface area contributed by atoms with Crippen molar-refractivity contribution < 1.29 is 4.74 Å². The summed E-state index contributed by atoms with van der Waals surface area (Å²) in [6.07, 6.45) is 0. The topological polar surface area (TPSA) is 37.0 Å². The number of aromatic amines is 1. The molecule has 1 aromatic heterocycles. The highest BCUT2D eigenvalue weighted by molar-refractivity contribution is 5.87. The Morgan fingerprint density at radius 1 is 1.22 bits per heavy atom. The molecule has 2 N–H and O–H groups in total. The van der Waals surface area contributed by atoms with Crippen LogP contribution in [0.5, 0.6) is 0 Å². The van der Waals surface area contributed by atoms with Crippen molar-refractivity contribution in [3.8, 4) is 0 Å². The number of aryl methyl sites for hydroxylation is 3. The van der Waals surface area contributed by atoms with Crippen molar-refractivity contribution in [3.05, 3.63) is 34.5 Å². The SMILES string of the molecule is COCCNCc1c(C)[nH]c2c(C)cc(C)cc12. The minimum Gasteiger partial charge on any atom is -0.383 e. The lowest BCUT2D eigenvalue weighted by atomic mass is 10.0. The van der Waals surface area contributed by atoms with Crippen molar-refractivity contribution in [2.24, 2.45) is 0 Å². The van der Waals surface area contributed by atoms with Gasteiger partial charge in [0.25, 0.3) is 0 Å². The summed E-state index contributed by atoms with van der Waals surface area (Å²) in [5.74, 6) is 0. The minimum absolute atomic E-state index is 0.749. The third-order valence-electron chi connectivity index (χ3n) is 3.35. The maximum Gasteiger partial charge on any atom is 0.0587 e. The summed E-state index contributed by atoms with van der Waals surface area (Å²) < 4.78 is 5.05. The van der Waals surface area contributed by atoms with Crippen LogP contribution in [-0.4, -0.2) is 25.2 Å². The van der Waals surface area contributed by atoms with Crippen LogP contribution < -0.4 is 5.32 Å². The van der Waals surface area contributed by atoms with Gasteiger partial charge in [-0.15, -0.1) is 0 Å². The van der Waals surface area contributed by atoms with Crippen LogP contribution in [0.15, 0.2) is 12.1 Å². The first-order valence-corrected chi connectivity index (χ1v) is 6.41. The zero-order valence-corrected chi connectivity index (χ0v) is 11.7. The highest BCUT2D eigenvalue weighted by Crippen LogP contribution is 2.26. The first kappa shape index (κ1) is 13.1. The average Bonchev–Trinajstić information content (AvgIpc) is 2.62. The summed E-state index contributed by atoms with van der Waals surface area (Å²) >= 11 is 0. The fraction of sp³-hybridized carbons (Fsp3) is 0.467. The number of hydrogen-bond acceptors (Lipinski definition) is 2. The van der Waals surface area contributed by atoms with E-state index in [2.05, 4.69) is 43.2 Å². The van der Waals surface area contributed by atoms with E-state index < -0.39 is 0 Å². The molecule has 0 saturated heterocycles. The van der Waals surface area contributed by atoms with Crippen molar-refractivity contribution in [3.63, 3.8) is 0 Å². The van der Waals surface area contributed by atoms with E-state index in [0.29, 0.717) is 0 Å². The molecule has 0 amide bonds.